The van der Waals surface area contributed by atoms with Crippen LogP contribution in [0, 0.1) is 11.8 Å². The lowest BCUT2D eigenvalue weighted by atomic mass is 9.82. The monoisotopic (exact) mass is 260 g/mol. The number of nitrogens with one attached hydrogen (secondary N) is 2. The summed E-state index contributed by atoms with van der Waals surface area (Å²) >= 11 is 5.40. The van der Waals surface area contributed by atoms with Crippen LogP contribution in [0.4, 0.5) is 4.79 Å². The smallest absolute Gasteiger partial charge is 0.321 e. The summed E-state index contributed by atoms with van der Waals surface area (Å²) in [6.07, 6.45) is 5.03. The lowest BCUT2D eigenvalue weighted by Crippen LogP contribution is -2.42. The lowest BCUT2D eigenvalue weighted by molar-refractivity contribution is -0.119. The molecule has 17 heavy (non-hydrogen) atoms. The second kappa shape index (κ2) is 7.54. The Morgan fingerprint density at radius 1 is 1.35 bits per heavy atom. The van der Waals surface area contributed by atoms with Crippen molar-refractivity contribution in [2.45, 2.75) is 39.0 Å². The summed E-state index contributed by atoms with van der Waals surface area (Å²) in [6.45, 7) is 2.90. The maximum Gasteiger partial charge on any atom is 0.321 e. The third kappa shape index (κ3) is 5.91. The highest BCUT2D eigenvalue weighted by Crippen LogP contribution is 2.27. The molecule has 0 aromatic carbocycles. The molecule has 0 aromatic heterocycles. The van der Waals surface area contributed by atoms with E-state index in [0.717, 1.165) is 12.3 Å². The highest BCUT2D eigenvalue weighted by molar-refractivity contribution is 6.19. The summed E-state index contributed by atoms with van der Waals surface area (Å²) in [5, 5.41) is 5.01. The van der Waals surface area contributed by atoms with Crippen molar-refractivity contribution in [2.75, 3.05) is 12.4 Å². The van der Waals surface area contributed by atoms with Gasteiger partial charge in [-0.15, -0.1) is 11.6 Å². The van der Waals surface area contributed by atoms with E-state index < -0.39 is 6.03 Å². The predicted molar refractivity (Wildman–Crippen MR) is 68.0 cm³/mol. The molecule has 1 aliphatic carbocycles. The minimum atomic E-state index is -0.404. The van der Waals surface area contributed by atoms with E-state index in [-0.39, 0.29) is 18.2 Å². The molecule has 2 unspecified atom stereocenters. The molecule has 2 atom stereocenters. The van der Waals surface area contributed by atoms with Gasteiger partial charge in [0.2, 0.25) is 5.91 Å². The first-order valence-electron chi connectivity index (χ1n) is 6.25. The van der Waals surface area contributed by atoms with Crippen LogP contribution in [-0.2, 0) is 4.79 Å². The van der Waals surface area contributed by atoms with Crippen molar-refractivity contribution in [3.05, 3.63) is 0 Å². The molecule has 2 N–H and O–H groups in total. The number of rotatable bonds is 4. The van der Waals surface area contributed by atoms with E-state index in [1.54, 1.807) is 0 Å². The summed E-state index contributed by atoms with van der Waals surface area (Å²) in [7, 11) is 0. The Morgan fingerprint density at radius 2 is 2.12 bits per heavy atom. The average molecular weight is 261 g/mol. The SMILES string of the molecule is CC1CCCC(CNC(=O)NC(=O)CCCl)C1. The first kappa shape index (κ1) is 14.3. The van der Waals surface area contributed by atoms with Crippen LogP contribution in [0.5, 0.6) is 0 Å². The largest absolute Gasteiger partial charge is 0.338 e. The van der Waals surface area contributed by atoms with E-state index in [1.165, 1.54) is 19.3 Å². The van der Waals surface area contributed by atoms with E-state index in [4.69, 9.17) is 11.6 Å². The number of urea groups is 1. The third-order valence-electron chi connectivity index (χ3n) is 3.17. The zero-order chi connectivity index (χ0) is 12.7. The van der Waals surface area contributed by atoms with Gasteiger partial charge in [-0.2, -0.15) is 0 Å². The van der Waals surface area contributed by atoms with Crippen LogP contribution < -0.4 is 10.6 Å². The van der Waals surface area contributed by atoms with Crippen LogP contribution in [0.1, 0.15) is 39.0 Å². The van der Waals surface area contributed by atoms with Crippen molar-refractivity contribution in [2.24, 2.45) is 11.8 Å². The minimum absolute atomic E-state index is 0.176. The summed E-state index contributed by atoms with van der Waals surface area (Å²) in [6, 6.07) is -0.404. The molecule has 1 aliphatic rings. The second-order valence-electron chi connectivity index (χ2n) is 4.83. The van der Waals surface area contributed by atoms with Crippen molar-refractivity contribution in [1.29, 1.82) is 0 Å². The van der Waals surface area contributed by atoms with Gasteiger partial charge in [0.05, 0.1) is 0 Å². The quantitative estimate of drug-likeness (QED) is 0.762. The minimum Gasteiger partial charge on any atom is -0.338 e. The molecule has 0 aromatic rings. The van der Waals surface area contributed by atoms with Crippen LogP contribution in [-0.4, -0.2) is 24.4 Å². The summed E-state index contributed by atoms with van der Waals surface area (Å²) in [5.41, 5.74) is 0. The van der Waals surface area contributed by atoms with Crippen LogP contribution >= 0.6 is 11.6 Å². The van der Waals surface area contributed by atoms with Gasteiger partial charge in [0, 0.05) is 18.8 Å². The summed E-state index contributed by atoms with van der Waals surface area (Å²) < 4.78 is 0. The Hall–Kier alpha value is -0.770. The van der Waals surface area contributed by atoms with Gasteiger partial charge >= 0.3 is 6.03 Å². The molecule has 0 radical (unpaired) electrons. The number of imide groups is 1. The molecule has 0 bridgehead atoms. The molecule has 1 rings (SSSR count). The van der Waals surface area contributed by atoms with Crippen LogP contribution in [0.25, 0.3) is 0 Å². The maximum atomic E-state index is 11.4. The Balaban J connectivity index is 2.16. The van der Waals surface area contributed by atoms with Crippen molar-refractivity contribution < 1.29 is 9.59 Å². The molecule has 1 fully saturated rings. The van der Waals surface area contributed by atoms with Gasteiger partial charge in [0.25, 0.3) is 0 Å². The summed E-state index contributed by atoms with van der Waals surface area (Å²) in [5.74, 6) is 1.21. The van der Waals surface area contributed by atoms with Crippen LogP contribution in [0.2, 0.25) is 0 Å². The molecule has 0 heterocycles. The fourth-order valence-electron chi connectivity index (χ4n) is 2.30. The number of halogens is 1. The Morgan fingerprint density at radius 3 is 2.76 bits per heavy atom. The number of hydrogen-bond acceptors (Lipinski definition) is 2. The molecule has 0 aliphatic heterocycles. The zero-order valence-corrected chi connectivity index (χ0v) is 11.1. The van der Waals surface area contributed by atoms with E-state index >= 15 is 0 Å². The van der Waals surface area contributed by atoms with E-state index in [2.05, 4.69) is 17.6 Å². The zero-order valence-electron chi connectivity index (χ0n) is 10.3. The molecule has 0 saturated heterocycles. The second-order valence-corrected chi connectivity index (χ2v) is 5.21. The van der Waals surface area contributed by atoms with E-state index in [1.807, 2.05) is 0 Å². The molecular weight excluding hydrogens is 240 g/mol. The molecular formula is C12H21ClN2O2. The molecule has 5 heteroatoms. The van der Waals surface area contributed by atoms with Crippen LogP contribution in [0.3, 0.4) is 0 Å². The topological polar surface area (TPSA) is 58.2 Å². The molecule has 4 nitrogen and oxygen atoms in total. The molecule has 0 spiro atoms. The molecule has 1 saturated carbocycles. The van der Waals surface area contributed by atoms with E-state index in [9.17, 15) is 9.59 Å². The van der Waals surface area contributed by atoms with Gasteiger partial charge in [-0.3, -0.25) is 10.1 Å². The Labute approximate surface area is 107 Å². The van der Waals surface area contributed by atoms with E-state index in [0.29, 0.717) is 12.5 Å². The Bertz CT molecular complexity index is 271. The number of alkyl halides is 1. The van der Waals surface area contributed by atoms with Crippen LogP contribution in [0.15, 0.2) is 0 Å². The fraction of sp³-hybridized carbons (Fsp3) is 0.833. The van der Waals surface area contributed by atoms with Gasteiger partial charge in [-0.1, -0.05) is 19.8 Å². The highest BCUT2D eigenvalue weighted by Gasteiger charge is 2.19. The average Bonchev–Trinajstić information content (AvgIpc) is 2.27. The molecule has 98 valence electrons. The van der Waals surface area contributed by atoms with Gasteiger partial charge < -0.3 is 5.32 Å². The lowest BCUT2D eigenvalue weighted by Gasteiger charge is -2.26. The van der Waals surface area contributed by atoms with Gasteiger partial charge in [-0.05, 0) is 24.7 Å². The van der Waals surface area contributed by atoms with Gasteiger partial charge in [-0.25, -0.2) is 4.79 Å². The normalized spacial score (nSPS) is 24.1. The fourth-order valence-corrected chi connectivity index (χ4v) is 2.47. The Kier molecular flexibility index (Phi) is 6.34. The number of carbonyl (C=O) groups excluding carboxylic acids is 2. The maximum absolute atomic E-state index is 11.4. The van der Waals surface area contributed by atoms with Crippen molar-refractivity contribution in [3.63, 3.8) is 0 Å². The number of hydrogen-bond donors (Lipinski definition) is 2. The van der Waals surface area contributed by atoms with Crippen molar-refractivity contribution >= 4 is 23.5 Å². The predicted octanol–water partition coefficient (Wildman–Crippen LogP) is 2.27. The number of amides is 3. The van der Waals surface area contributed by atoms with Crippen molar-refractivity contribution in [3.8, 4) is 0 Å². The van der Waals surface area contributed by atoms with Gasteiger partial charge in [0.1, 0.15) is 0 Å². The van der Waals surface area contributed by atoms with Gasteiger partial charge in [0.15, 0.2) is 0 Å². The highest BCUT2D eigenvalue weighted by atomic mass is 35.5. The molecule has 3 amide bonds. The third-order valence-corrected chi connectivity index (χ3v) is 3.36. The standard InChI is InChI=1S/C12H21ClN2O2/c1-9-3-2-4-10(7-9)8-14-12(17)15-11(16)5-6-13/h9-10H,2-8H2,1H3,(H2,14,15,16,17). The van der Waals surface area contributed by atoms with Crippen molar-refractivity contribution in [1.82, 2.24) is 10.6 Å². The number of carbonyl (C=O) groups is 2. The first-order valence-corrected chi connectivity index (χ1v) is 6.79. The summed E-state index contributed by atoms with van der Waals surface area (Å²) in [4.78, 5) is 22.5. The first-order chi connectivity index (χ1) is 8.11.